The van der Waals surface area contributed by atoms with Crippen molar-refractivity contribution in [2.45, 2.75) is 38.1 Å². The zero-order valence-corrected chi connectivity index (χ0v) is 11.8. The molecule has 1 saturated heterocycles. The molecule has 0 bridgehead atoms. The highest BCUT2D eigenvalue weighted by Gasteiger charge is 2.29. The normalized spacial score (nSPS) is 21.4. The zero-order chi connectivity index (χ0) is 13.8. The average molecular weight is 274 g/mol. The van der Waals surface area contributed by atoms with Gasteiger partial charge >= 0.3 is 0 Å². The molecular formula is C16H22N2O2. The number of nitrogens with zero attached hydrogens (tertiary/aromatic N) is 1. The van der Waals surface area contributed by atoms with Crippen LogP contribution in [0.5, 0.6) is 0 Å². The summed E-state index contributed by atoms with van der Waals surface area (Å²) in [6, 6.07) is 4.08. The molecule has 1 N–H and O–H groups in total. The summed E-state index contributed by atoms with van der Waals surface area (Å²) in [7, 11) is 0. The van der Waals surface area contributed by atoms with Crippen LogP contribution in [-0.4, -0.2) is 24.1 Å². The minimum atomic E-state index is 0.0823. The third kappa shape index (κ3) is 3.57. The van der Waals surface area contributed by atoms with Crippen molar-refractivity contribution < 1.29 is 9.53 Å². The van der Waals surface area contributed by atoms with Crippen molar-refractivity contribution in [1.29, 1.82) is 0 Å². The van der Waals surface area contributed by atoms with Gasteiger partial charge in [-0.25, -0.2) is 0 Å². The number of hydrogen-bond acceptors (Lipinski definition) is 3. The monoisotopic (exact) mass is 274 g/mol. The summed E-state index contributed by atoms with van der Waals surface area (Å²) in [5, 5.41) is 3.24. The van der Waals surface area contributed by atoms with Crippen LogP contribution >= 0.6 is 0 Å². The molecule has 1 unspecified atom stereocenters. The Hall–Kier alpha value is -1.42. The molecule has 4 heteroatoms. The molecule has 1 saturated carbocycles. The smallest absolute Gasteiger partial charge is 0.220 e. The van der Waals surface area contributed by atoms with Gasteiger partial charge in [-0.1, -0.05) is 6.07 Å². The summed E-state index contributed by atoms with van der Waals surface area (Å²) in [4.78, 5) is 16.4. The van der Waals surface area contributed by atoms with E-state index in [2.05, 4.69) is 16.4 Å². The maximum atomic E-state index is 12.2. The maximum Gasteiger partial charge on any atom is 0.220 e. The molecule has 4 nitrogen and oxygen atoms in total. The van der Waals surface area contributed by atoms with Crippen LogP contribution in [-0.2, 0) is 9.53 Å². The molecule has 20 heavy (non-hydrogen) atoms. The van der Waals surface area contributed by atoms with Gasteiger partial charge in [-0.15, -0.1) is 0 Å². The summed E-state index contributed by atoms with van der Waals surface area (Å²) >= 11 is 0. The second-order valence-corrected chi connectivity index (χ2v) is 5.93. The lowest BCUT2D eigenvalue weighted by molar-refractivity contribution is -0.122. The zero-order valence-electron chi connectivity index (χ0n) is 11.8. The van der Waals surface area contributed by atoms with E-state index in [4.69, 9.17) is 4.74 Å². The molecule has 1 amide bonds. The number of pyridine rings is 1. The molecule has 108 valence electrons. The lowest BCUT2D eigenvalue weighted by Gasteiger charge is -2.31. The average Bonchev–Trinajstić information content (AvgIpc) is 3.30. The lowest BCUT2D eigenvalue weighted by atomic mass is 9.87. The van der Waals surface area contributed by atoms with Gasteiger partial charge in [0.05, 0.1) is 6.04 Å². The number of carbonyl (C=O) groups excluding carboxylic acids is 1. The van der Waals surface area contributed by atoms with E-state index in [1.54, 1.807) is 6.20 Å². The molecule has 3 rings (SSSR count). The van der Waals surface area contributed by atoms with Gasteiger partial charge in [0.25, 0.3) is 0 Å². The molecule has 2 aliphatic rings. The van der Waals surface area contributed by atoms with Gasteiger partial charge in [0.1, 0.15) is 0 Å². The number of rotatable bonds is 5. The van der Waals surface area contributed by atoms with Crippen LogP contribution in [0.4, 0.5) is 0 Å². The van der Waals surface area contributed by atoms with Gasteiger partial charge in [-0.2, -0.15) is 0 Å². The van der Waals surface area contributed by atoms with Crippen molar-refractivity contribution in [3.63, 3.8) is 0 Å². The summed E-state index contributed by atoms with van der Waals surface area (Å²) in [5.74, 6) is 1.27. The van der Waals surface area contributed by atoms with Crippen LogP contribution in [0.2, 0.25) is 0 Å². The van der Waals surface area contributed by atoms with Crippen molar-refractivity contribution >= 4 is 5.91 Å². The van der Waals surface area contributed by atoms with Gasteiger partial charge in [0, 0.05) is 32.0 Å². The second kappa shape index (κ2) is 6.35. The molecule has 1 atom stereocenters. The van der Waals surface area contributed by atoms with E-state index in [1.807, 2.05) is 12.3 Å². The first kappa shape index (κ1) is 13.6. The number of aromatic nitrogens is 1. The van der Waals surface area contributed by atoms with Gasteiger partial charge in [0.2, 0.25) is 5.91 Å². The quantitative estimate of drug-likeness (QED) is 0.897. The van der Waals surface area contributed by atoms with Crippen molar-refractivity contribution in [2.75, 3.05) is 13.2 Å². The molecule has 2 fully saturated rings. The van der Waals surface area contributed by atoms with Gasteiger partial charge < -0.3 is 10.1 Å². The topological polar surface area (TPSA) is 51.2 Å². The number of ether oxygens (including phenoxy) is 1. The first-order valence-electron chi connectivity index (χ1n) is 7.60. The Kier molecular flexibility index (Phi) is 4.31. The van der Waals surface area contributed by atoms with E-state index < -0.39 is 0 Å². The van der Waals surface area contributed by atoms with E-state index in [-0.39, 0.29) is 11.9 Å². The minimum Gasteiger partial charge on any atom is -0.381 e. The first-order chi connectivity index (χ1) is 9.83. The van der Waals surface area contributed by atoms with Crippen LogP contribution in [0.1, 0.15) is 43.7 Å². The van der Waals surface area contributed by atoms with Crippen LogP contribution in [0.15, 0.2) is 24.5 Å². The van der Waals surface area contributed by atoms with Gasteiger partial charge in [0.15, 0.2) is 0 Å². The Balaban J connectivity index is 1.69. The van der Waals surface area contributed by atoms with Crippen molar-refractivity contribution in [3.05, 3.63) is 30.1 Å². The molecule has 1 aliphatic carbocycles. The Bertz CT molecular complexity index is 439. The first-order valence-corrected chi connectivity index (χ1v) is 7.60. The second-order valence-electron chi connectivity index (χ2n) is 5.93. The molecule has 1 aromatic heterocycles. The molecule has 1 aromatic rings. The number of carbonyl (C=O) groups is 1. The van der Waals surface area contributed by atoms with Gasteiger partial charge in [-0.3, -0.25) is 9.78 Å². The third-order valence-electron chi connectivity index (χ3n) is 4.27. The molecule has 2 heterocycles. The highest BCUT2D eigenvalue weighted by Crippen LogP contribution is 2.34. The maximum absolute atomic E-state index is 12.2. The standard InChI is InChI=1S/C16H22N2O2/c19-15(10-12-3-4-12)18-16(13-5-8-20-9-6-13)14-2-1-7-17-11-14/h1-2,7,11-13,16H,3-6,8-10H2,(H,18,19). The Morgan fingerprint density at radius 2 is 2.15 bits per heavy atom. The van der Waals surface area contributed by atoms with Crippen LogP contribution in [0, 0.1) is 11.8 Å². The molecule has 0 spiro atoms. The van der Waals surface area contributed by atoms with E-state index in [0.717, 1.165) is 31.6 Å². The minimum absolute atomic E-state index is 0.0823. The number of amides is 1. The lowest BCUT2D eigenvalue weighted by Crippen LogP contribution is -2.36. The van der Waals surface area contributed by atoms with E-state index >= 15 is 0 Å². The highest BCUT2D eigenvalue weighted by molar-refractivity contribution is 5.77. The van der Waals surface area contributed by atoms with Crippen molar-refractivity contribution in [2.24, 2.45) is 11.8 Å². The number of nitrogens with one attached hydrogen (secondary N) is 1. The fourth-order valence-electron chi connectivity index (χ4n) is 2.90. The van der Waals surface area contributed by atoms with Crippen molar-refractivity contribution in [1.82, 2.24) is 10.3 Å². The third-order valence-corrected chi connectivity index (χ3v) is 4.27. The summed E-state index contributed by atoms with van der Waals surface area (Å²) < 4.78 is 5.44. The largest absolute Gasteiger partial charge is 0.381 e. The van der Waals surface area contributed by atoms with E-state index in [9.17, 15) is 4.79 Å². The fraction of sp³-hybridized carbons (Fsp3) is 0.625. The van der Waals surface area contributed by atoms with Crippen LogP contribution in [0.3, 0.4) is 0 Å². The molecule has 0 aromatic carbocycles. The predicted molar refractivity (Wildman–Crippen MR) is 76.0 cm³/mol. The van der Waals surface area contributed by atoms with Crippen LogP contribution < -0.4 is 5.32 Å². The van der Waals surface area contributed by atoms with E-state index in [1.165, 1.54) is 12.8 Å². The molecule has 0 radical (unpaired) electrons. The van der Waals surface area contributed by atoms with Crippen LogP contribution in [0.25, 0.3) is 0 Å². The fourth-order valence-corrected chi connectivity index (χ4v) is 2.90. The summed E-state index contributed by atoms with van der Waals surface area (Å²) in [6.07, 6.45) is 8.76. The highest BCUT2D eigenvalue weighted by atomic mass is 16.5. The van der Waals surface area contributed by atoms with Gasteiger partial charge in [-0.05, 0) is 49.1 Å². The molecule has 1 aliphatic heterocycles. The summed E-state index contributed by atoms with van der Waals surface area (Å²) in [5.41, 5.74) is 1.11. The Labute approximate surface area is 119 Å². The number of hydrogen-bond donors (Lipinski definition) is 1. The SMILES string of the molecule is O=C(CC1CC1)NC(c1cccnc1)C1CCOCC1. The molecular weight excluding hydrogens is 252 g/mol. The summed E-state index contributed by atoms with van der Waals surface area (Å²) in [6.45, 7) is 1.58. The Morgan fingerprint density at radius 1 is 1.35 bits per heavy atom. The van der Waals surface area contributed by atoms with Crippen molar-refractivity contribution in [3.8, 4) is 0 Å². The van der Waals surface area contributed by atoms with E-state index in [0.29, 0.717) is 18.3 Å². The predicted octanol–water partition coefficient (Wildman–Crippen LogP) is 2.47. The Morgan fingerprint density at radius 3 is 2.80 bits per heavy atom.